The number of methoxy groups -OCH3 is 3. The summed E-state index contributed by atoms with van der Waals surface area (Å²) in [5.41, 5.74) is 1.75. The maximum atomic E-state index is 5.97. The van der Waals surface area contributed by atoms with E-state index in [9.17, 15) is 0 Å². The molecule has 0 aromatic heterocycles. The summed E-state index contributed by atoms with van der Waals surface area (Å²) in [6.07, 6.45) is 0. The van der Waals surface area contributed by atoms with E-state index in [1.165, 1.54) is 0 Å². The van der Waals surface area contributed by atoms with Gasteiger partial charge in [-0.3, -0.25) is 0 Å². The van der Waals surface area contributed by atoms with E-state index in [0.717, 1.165) is 27.4 Å². The van der Waals surface area contributed by atoms with Crippen molar-refractivity contribution in [2.75, 3.05) is 21.3 Å². The molecule has 3 nitrogen and oxygen atoms in total. The van der Waals surface area contributed by atoms with Gasteiger partial charge < -0.3 is 14.2 Å². The lowest BCUT2D eigenvalue weighted by molar-refractivity contribution is 0.371. The van der Waals surface area contributed by atoms with Crippen LogP contribution in [0, 0.1) is 0 Å². The molecule has 2 rings (SSSR count). The van der Waals surface area contributed by atoms with Gasteiger partial charge in [-0.25, -0.2) is 0 Å². The van der Waals surface area contributed by atoms with Crippen LogP contribution in [0.2, 0.25) is 0 Å². The zero-order valence-corrected chi connectivity index (χ0v) is 13.2. The second-order valence-corrected chi connectivity index (χ2v) is 5.35. The number of hydrogen-bond donors (Lipinski definition) is 0. The normalized spacial score (nSPS) is 10.2. The Balaban J connectivity index is 2.28. The summed E-state index contributed by atoms with van der Waals surface area (Å²) in [6, 6.07) is 11.5. The number of rotatable bonds is 6. The van der Waals surface area contributed by atoms with E-state index in [4.69, 9.17) is 22.1 Å². The molecule has 0 unspecified atom stereocenters. The molecule has 0 atom stereocenters. The van der Waals surface area contributed by atoms with E-state index in [2.05, 4.69) is 0 Å². The topological polar surface area (TPSA) is 27.7 Å². The van der Waals surface area contributed by atoms with Gasteiger partial charge in [0.15, 0.2) is 0 Å². The van der Waals surface area contributed by atoms with Gasteiger partial charge in [-0.05, 0) is 6.07 Å². The highest BCUT2D eigenvalue weighted by Gasteiger charge is 2.13. The van der Waals surface area contributed by atoms with Crippen molar-refractivity contribution in [2.24, 2.45) is 0 Å². The Morgan fingerprint density at radius 2 is 1.57 bits per heavy atom. The second-order valence-electron chi connectivity index (χ2n) is 4.34. The molecular formula is C16H17BO3S. The van der Waals surface area contributed by atoms with Crippen LogP contribution in [-0.4, -0.2) is 29.2 Å². The van der Waals surface area contributed by atoms with Crippen molar-refractivity contribution in [3.8, 4) is 17.2 Å². The van der Waals surface area contributed by atoms with Crippen LogP contribution in [0.5, 0.6) is 17.2 Å². The molecule has 2 aromatic rings. The molecule has 21 heavy (non-hydrogen) atoms. The molecule has 0 saturated heterocycles. The Kier molecular flexibility index (Phi) is 5.45. The van der Waals surface area contributed by atoms with E-state index in [0.29, 0.717) is 11.5 Å². The quantitative estimate of drug-likeness (QED) is 0.606. The molecule has 0 aliphatic heterocycles. The van der Waals surface area contributed by atoms with Gasteiger partial charge >= 0.3 is 0 Å². The Morgan fingerprint density at radius 3 is 2.10 bits per heavy atom. The Labute approximate surface area is 131 Å². The highest BCUT2D eigenvalue weighted by molar-refractivity contribution is 7.98. The van der Waals surface area contributed by atoms with Gasteiger partial charge in [0.05, 0.1) is 21.3 Å². The minimum Gasteiger partial charge on any atom is -0.496 e. The van der Waals surface area contributed by atoms with Crippen LogP contribution >= 0.6 is 11.8 Å². The minimum absolute atomic E-state index is 0.699. The van der Waals surface area contributed by atoms with Gasteiger partial charge in [0, 0.05) is 28.3 Å². The summed E-state index contributed by atoms with van der Waals surface area (Å²) in [5, 5.41) is 0. The van der Waals surface area contributed by atoms with Crippen LogP contribution in [0.1, 0.15) is 5.56 Å². The van der Waals surface area contributed by atoms with Crippen LogP contribution in [-0.2, 0) is 5.75 Å². The van der Waals surface area contributed by atoms with Crippen LogP contribution in [0.15, 0.2) is 41.3 Å². The summed E-state index contributed by atoms with van der Waals surface area (Å²) < 4.78 is 16.1. The molecule has 108 valence electrons. The molecule has 0 saturated carbocycles. The first kappa shape index (κ1) is 15.6. The third-order valence-corrected chi connectivity index (χ3v) is 4.22. The van der Waals surface area contributed by atoms with Crippen LogP contribution in [0.3, 0.4) is 0 Å². The zero-order valence-electron chi connectivity index (χ0n) is 12.4. The molecule has 0 heterocycles. The predicted octanol–water partition coefficient (Wildman–Crippen LogP) is 2.80. The molecule has 0 N–H and O–H groups in total. The van der Waals surface area contributed by atoms with Crippen molar-refractivity contribution < 1.29 is 14.2 Å². The smallest absolute Gasteiger partial charge is 0.130 e. The first-order valence-corrected chi connectivity index (χ1v) is 7.44. The summed E-state index contributed by atoms with van der Waals surface area (Å²) in [4.78, 5) is 1.04. The number of thioether (sulfide) groups is 1. The summed E-state index contributed by atoms with van der Waals surface area (Å²) in [7, 11) is 10.9. The molecule has 5 heteroatoms. The Morgan fingerprint density at radius 1 is 0.952 bits per heavy atom. The van der Waals surface area contributed by atoms with Crippen molar-refractivity contribution in [3.63, 3.8) is 0 Å². The first-order chi connectivity index (χ1) is 10.2. The molecule has 0 aliphatic rings. The summed E-state index contributed by atoms with van der Waals surface area (Å²) in [5.74, 6) is 2.89. The van der Waals surface area contributed by atoms with Crippen LogP contribution in [0.25, 0.3) is 0 Å². The Hall–Kier alpha value is -1.75. The monoisotopic (exact) mass is 300 g/mol. The Bertz CT molecular complexity index is 591. The molecule has 0 bridgehead atoms. The fourth-order valence-corrected chi connectivity index (χ4v) is 2.98. The van der Waals surface area contributed by atoms with E-state index in [-0.39, 0.29) is 0 Å². The lowest BCUT2D eigenvalue weighted by Crippen LogP contribution is -2.05. The summed E-state index contributed by atoms with van der Waals surface area (Å²) in [6.45, 7) is 0. The molecule has 0 spiro atoms. The standard InChI is InChI=1S/C16H17BO3S/c1-18-11-8-14(19-2)12(15(9-11)20-3)10-21-16-7-5-4-6-13(16)17/h4-9H,10H2,1-3H3. The third-order valence-electron chi connectivity index (χ3n) is 3.11. The van der Waals surface area contributed by atoms with Crippen molar-refractivity contribution in [1.29, 1.82) is 0 Å². The van der Waals surface area contributed by atoms with Gasteiger partial charge in [0.1, 0.15) is 25.1 Å². The highest BCUT2D eigenvalue weighted by atomic mass is 32.2. The second kappa shape index (κ2) is 7.32. The highest BCUT2D eigenvalue weighted by Crippen LogP contribution is 2.37. The fourth-order valence-electron chi connectivity index (χ4n) is 1.98. The average Bonchev–Trinajstić information content (AvgIpc) is 2.53. The molecular weight excluding hydrogens is 283 g/mol. The van der Waals surface area contributed by atoms with E-state index >= 15 is 0 Å². The van der Waals surface area contributed by atoms with Crippen molar-refractivity contribution in [1.82, 2.24) is 0 Å². The SMILES string of the molecule is [B]c1ccccc1SCc1c(OC)cc(OC)cc1OC. The number of hydrogen-bond acceptors (Lipinski definition) is 4. The first-order valence-electron chi connectivity index (χ1n) is 6.45. The van der Waals surface area contributed by atoms with Gasteiger partial charge in [-0.2, -0.15) is 0 Å². The van der Waals surface area contributed by atoms with Gasteiger partial charge in [-0.15, -0.1) is 11.8 Å². The largest absolute Gasteiger partial charge is 0.496 e. The van der Waals surface area contributed by atoms with Crippen molar-refractivity contribution in [3.05, 3.63) is 42.0 Å². The molecule has 0 amide bonds. The minimum atomic E-state index is 0.699. The van der Waals surface area contributed by atoms with E-state index in [1.807, 2.05) is 36.4 Å². The number of ether oxygens (including phenoxy) is 3. The molecule has 0 aliphatic carbocycles. The number of benzene rings is 2. The predicted molar refractivity (Wildman–Crippen MR) is 87.5 cm³/mol. The average molecular weight is 300 g/mol. The molecule has 2 radical (unpaired) electrons. The third kappa shape index (κ3) is 3.67. The van der Waals surface area contributed by atoms with Crippen LogP contribution in [0.4, 0.5) is 0 Å². The van der Waals surface area contributed by atoms with Gasteiger partial charge in [0.2, 0.25) is 0 Å². The van der Waals surface area contributed by atoms with E-state index < -0.39 is 0 Å². The fraction of sp³-hybridized carbons (Fsp3) is 0.250. The summed E-state index contributed by atoms with van der Waals surface area (Å²) >= 11 is 1.65. The maximum Gasteiger partial charge on any atom is 0.130 e. The molecule has 2 aromatic carbocycles. The van der Waals surface area contributed by atoms with Gasteiger partial charge in [-0.1, -0.05) is 23.7 Å². The van der Waals surface area contributed by atoms with E-state index in [1.54, 1.807) is 33.1 Å². The molecule has 0 fully saturated rings. The lowest BCUT2D eigenvalue weighted by Gasteiger charge is -2.15. The lowest BCUT2D eigenvalue weighted by atomic mass is 9.97. The van der Waals surface area contributed by atoms with Crippen molar-refractivity contribution >= 4 is 25.1 Å². The van der Waals surface area contributed by atoms with Crippen LogP contribution < -0.4 is 19.7 Å². The van der Waals surface area contributed by atoms with Crippen molar-refractivity contribution in [2.45, 2.75) is 10.6 Å². The zero-order chi connectivity index (χ0) is 15.2. The van der Waals surface area contributed by atoms with Gasteiger partial charge in [0.25, 0.3) is 0 Å². The maximum absolute atomic E-state index is 5.97.